The number of furan rings is 1. The molecule has 0 aliphatic rings. The lowest BCUT2D eigenvalue weighted by atomic mass is 10.1. The summed E-state index contributed by atoms with van der Waals surface area (Å²) in [5.41, 5.74) is 1.56. The van der Waals surface area contributed by atoms with Crippen molar-refractivity contribution in [1.82, 2.24) is 15.3 Å². The van der Waals surface area contributed by atoms with Gasteiger partial charge in [0.15, 0.2) is 5.58 Å². The number of aromatic nitrogens is 2. The van der Waals surface area contributed by atoms with Crippen molar-refractivity contribution in [1.29, 1.82) is 0 Å². The summed E-state index contributed by atoms with van der Waals surface area (Å²) >= 11 is 6.12. The van der Waals surface area contributed by atoms with Crippen molar-refractivity contribution in [2.75, 3.05) is 7.05 Å². The maximum Gasteiger partial charge on any atom is 0.152 e. The van der Waals surface area contributed by atoms with Crippen LogP contribution in [0.25, 0.3) is 11.0 Å². The Morgan fingerprint density at radius 1 is 1.32 bits per heavy atom. The molecular formula is C14H12ClN3O. The second kappa shape index (κ2) is 4.99. The highest BCUT2D eigenvalue weighted by molar-refractivity contribution is 6.34. The smallest absolute Gasteiger partial charge is 0.152 e. The van der Waals surface area contributed by atoms with Crippen molar-refractivity contribution in [2.45, 2.75) is 6.04 Å². The number of benzene rings is 1. The maximum atomic E-state index is 6.12. The van der Waals surface area contributed by atoms with Crippen LogP contribution in [0.1, 0.15) is 17.5 Å². The Labute approximate surface area is 115 Å². The fraction of sp³-hybridized carbons (Fsp3) is 0.143. The van der Waals surface area contributed by atoms with E-state index in [1.54, 1.807) is 6.20 Å². The summed E-state index contributed by atoms with van der Waals surface area (Å²) in [6, 6.07) is 9.41. The molecule has 1 unspecified atom stereocenters. The fourth-order valence-electron chi connectivity index (χ4n) is 2.10. The molecule has 0 bridgehead atoms. The molecule has 96 valence electrons. The molecule has 0 aliphatic carbocycles. The van der Waals surface area contributed by atoms with E-state index in [9.17, 15) is 0 Å². The quantitative estimate of drug-likeness (QED) is 0.796. The monoisotopic (exact) mass is 273 g/mol. The zero-order chi connectivity index (χ0) is 13.2. The van der Waals surface area contributed by atoms with E-state index in [0.717, 1.165) is 16.8 Å². The molecule has 5 heteroatoms. The number of fused-ring (bicyclic) bond motifs is 1. The lowest BCUT2D eigenvalue weighted by Gasteiger charge is -2.11. The van der Waals surface area contributed by atoms with Crippen molar-refractivity contribution < 1.29 is 4.42 Å². The first-order valence-corrected chi connectivity index (χ1v) is 6.28. The summed E-state index contributed by atoms with van der Waals surface area (Å²) < 4.78 is 5.85. The van der Waals surface area contributed by atoms with Crippen LogP contribution in [-0.2, 0) is 0 Å². The van der Waals surface area contributed by atoms with Gasteiger partial charge in [-0.05, 0) is 25.2 Å². The summed E-state index contributed by atoms with van der Waals surface area (Å²) in [6.07, 6.45) is 3.23. The van der Waals surface area contributed by atoms with Crippen LogP contribution in [0.5, 0.6) is 0 Å². The Balaban J connectivity index is 2.09. The Morgan fingerprint density at radius 2 is 2.21 bits per heavy atom. The molecule has 19 heavy (non-hydrogen) atoms. The molecule has 1 aromatic carbocycles. The minimum Gasteiger partial charge on any atom is -0.457 e. The van der Waals surface area contributed by atoms with Gasteiger partial charge < -0.3 is 9.73 Å². The van der Waals surface area contributed by atoms with E-state index in [1.165, 1.54) is 6.33 Å². The van der Waals surface area contributed by atoms with E-state index in [4.69, 9.17) is 16.0 Å². The highest BCUT2D eigenvalue weighted by Gasteiger charge is 2.18. The number of nitrogens with one attached hydrogen (secondary N) is 1. The predicted molar refractivity (Wildman–Crippen MR) is 74.2 cm³/mol. The SMILES string of the molecule is CNC(c1ccncn1)c1cc2cccc(Cl)c2o1. The summed E-state index contributed by atoms with van der Waals surface area (Å²) in [7, 11) is 1.86. The van der Waals surface area contributed by atoms with Gasteiger partial charge in [0, 0.05) is 11.6 Å². The fourth-order valence-corrected chi connectivity index (χ4v) is 2.32. The third kappa shape index (κ3) is 2.20. The second-order valence-corrected chi connectivity index (χ2v) is 4.57. The van der Waals surface area contributed by atoms with Gasteiger partial charge in [-0.25, -0.2) is 9.97 Å². The minimum absolute atomic E-state index is 0.119. The number of rotatable bonds is 3. The first-order valence-electron chi connectivity index (χ1n) is 5.90. The molecule has 3 rings (SSSR count). The van der Waals surface area contributed by atoms with E-state index in [-0.39, 0.29) is 6.04 Å². The molecule has 0 aliphatic heterocycles. The molecular weight excluding hydrogens is 262 g/mol. The first-order chi connectivity index (χ1) is 9.29. The molecule has 0 saturated carbocycles. The molecule has 0 amide bonds. The van der Waals surface area contributed by atoms with Crippen LogP contribution >= 0.6 is 11.6 Å². The zero-order valence-electron chi connectivity index (χ0n) is 10.3. The normalized spacial score (nSPS) is 12.7. The van der Waals surface area contributed by atoms with Crippen LogP contribution < -0.4 is 5.32 Å². The van der Waals surface area contributed by atoms with Crippen molar-refractivity contribution in [3.63, 3.8) is 0 Å². The largest absolute Gasteiger partial charge is 0.457 e. The maximum absolute atomic E-state index is 6.12. The molecule has 0 spiro atoms. The Bertz CT molecular complexity index is 696. The minimum atomic E-state index is -0.119. The van der Waals surface area contributed by atoms with Crippen molar-refractivity contribution in [3.8, 4) is 0 Å². The number of para-hydroxylation sites is 1. The van der Waals surface area contributed by atoms with E-state index in [1.807, 2.05) is 37.4 Å². The molecule has 0 saturated heterocycles. The summed E-state index contributed by atoms with van der Waals surface area (Å²) in [5, 5.41) is 4.78. The zero-order valence-corrected chi connectivity index (χ0v) is 11.1. The van der Waals surface area contributed by atoms with E-state index in [2.05, 4.69) is 15.3 Å². The van der Waals surface area contributed by atoms with Crippen LogP contribution in [0.15, 0.2) is 47.3 Å². The average molecular weight is 274 g/mol. The Morgan fingerprint density at radius 3 is 2.89 bits per heavy atom. The third-order valence-corrected chi connectivity index (χ3v) is 3.29. The molecule has 3 aromatic rings. The molecule has 4 nitrogen and oxygen atoms in total. The van der Waals surface area contributed by atoms with Crippen LogP contribution in [0.4, 0.5) is 0 Å². The molecule has 0 fully saturated rings. The van der Waals surface area contributed by atoms with E-state index < -0.39 is 0 Å². The summed E-state index contributed by atoms with van der Waals surface area (Å²) in [4.78, 5) is 8.17. The van der Waals surface area contributed by atoms with Crippen LogP contribution in [0.3, 0.4) is 0 Å². The number of hydrogen-bond donors (Lipinski definition) is 1. The van der Waals surface area contributed by atoms with Gasteiger partial charge in [-0.1, -0.05) is 23.7 Å². The topological polar surface area (TPSA) is 51.0 Å². The number of halogens is 1. The summed E-state index contributed by atoms with van der Waals surface area (Å²) in [6.45, 7) is 0. The Kier molecular flexibility index (Phi) is 3.19. The van der Waals surface area contributed by atoms with E-state index in [0.29, 0.717) is 10.6 Å². The molecule has 0 radical (unpaired) electrons. The lowest BCUT2D eigenvalue weighted by Crippen LogP contribution is -2.18. The van der Waals surface area contributed by atoms with Gasteiger partial charge in [0.25, 0.3) is 0 Å². The molecule has 1 N–H and O–H groups in total. The van der Waals surface area contributed by atoms with Crippen molar-refractivity contribution >= 4 is 22.6 Å². The average Bonchev–Trinajstić information content (AvgIpc) is 2.86. The molecule has 2 heterocycles. The molecule has 2 aromatic heterocycles. The second-order valence-electron chi connectivity index (χ2n) is 4.16. The standard InChI is InChI=1S/C14H12ClN3O/c1-16-13(11-5-6-17-8-18-11)12-7-9-3-2-4-10(15)14(9)19-12/h2-8,13,16H,1H3. The van der Waals surface area contributed by atoms with Crippen molar-refractivity contribution in [3.05, 3.63) is 59.3 Å². The highest BCUT2D eigenvalue weighted by atomic mass is 35.5. The lowest BCUT2D eigenvalue weighted by molar-refractivity contribution is 0.485. The van der Waals surface area contributed by atoms with Gasteiger partial charge in [-0.15, -0.1) is 0 Å². The summed E-state index contributed by atoms with van der Waals surface area (Å²) in [5.74, 6) is 0.782. The Hall–Kier alpha value is -1.91. The predicted octanol–water partition coefficient (Wildman–Crippen LogP) is 3.19. The van der Waals surface area contributed by atoms with Crippen LogP contribution in [0, 0.1) is 0 Å². The van der Waals surface area contributed by atoms with Crippen LogP contribution in [0.2, 0.25) is 5.02 Å². The van der Waals surface area contributed by atoms with Crippen molar-refractivity contribution in [2.24, 2.45) is 0 Å². The van der Waals surface area contributed by atoms with Gasteiger partial charge in [0.2, 0.25) is 0 Å². The van der Waals surface area contributed by atoms with Gasteiger partial charge in [0.05, 0.1) is 10.7 Å². The highest BCUT2D eigenvalue weighted by Crippen LogP contribution is 2.31. The molecule has 1 atom stereocenters. The van der Waals surface area contributed by atoms with Gasteiger partial charge in [-0.2, -0.15) is 0 Å². The van der Waals surface area contributed by atoms with Gasteiger partial charge in [-0.3, -0.25) is 0 Å². The van der Waals surface area contributed by atoms with Gasteiger partial charge >= 0.3 is 0 Å². The first kappa shape index (κ1) is 12.1. The van der Waals surface area contributed by atoms with Gasteiger partial charge in [0.1, 0.15) is 18.1 Å². The number of nitrogens with zero attached hydrogens (tertiary/aromatic N) is 2. The third-order valence-electron chi connectivity index (χ3n) is 2.99. The van der Waals surface area contributed by atoms with E-state index >= 15 is 0 Å². The van der Waals surface area contributed by atoms with Crippen LogP contribution in [-0.4, -0.2) is 17.0 Å². The number of hydrogen-bond acceptors (Lipinski definition) is 4.